The number of rotatable bonds is 6. The highest BCUT2D eigenvalue weighted by Crippen LogP contribution is 2.25. The van der Waals surface area contributed by atoms with E-state index in [0.29, 0.717) is 18.1 Å². The molecule has 100 valence electrons. The van der Waals surface area contributed by atoms with Crippen LogP contribution in [0.2, 0.25) is 5.15 Å². The van der Waals surface area contributed by atoms with Crippen molar-refractivity contribution in [3.05, 3.63) is 17.4 Å². The number of carbonyl (C=O) groups is 1. The molecule has 0 aliphatic carbocycles. The maximum atomic E-state index is 11.7. The molecule has 6 heteroatoms. The van der Waals surface area contributed by atoms with Crippen molar-refractivity contribution in [3.63, 3.8) is 0 Å². The minimum absolute atomic E-state index is 0.0707. The van der Waals surface area contributed by atoms with E-state index < -0.39 is 0 Å². The van der Waals surface area contributed by atoms with Crippen molar-refractivity contribution in [2.24, 2.45) is 11.1 Å². The third-order valence-electron chi connectivity index (χ3n) is 2.72. The number of aromatic nitrogens is 2. The second kappa shape index (κ2) is 6.66. The van der Waals surface area contributed by atoms with Gasteiger partial charge in [-0.25, -0.2) is 9.97 Å². The first-order valence-electron chi connectivity index (χ1n) is 5.91. The third-order valence-corrected chi connectivity index (χ3v) is 2.93. The monoisotopic (exact) mass is 270 g/mol. The molecule has 18 heavy (non-hydrogen) atoms. The molecule has 0 aliphatic heterocycles. The van der Waals surface area contributed by atoms with Crippen molar-refractivity contribution in [2.75, 3.05) is 11.9 Å². The fraction of sp³-hybridized carbons (Fsp3) is 0.583. The number of nitrogens with zero attached hydrogens (tertiary/aromatic N) is 2. The zero-order valence-electron chi connectivity index (χ0n) is 10.7. The number of amides is 1. The van der Waals surface area contributed by atoms with E-state index in [-0.39, 0.29) is 17.3 Å². The van der Waals surface area contributed by atoms with Crippen LogP contribution >= 0.6 is 11.6 Å². The maximum absolute atomic E-state index is 11.7. The molecule has 1 rings (SSSR count). The summed E-state index contributed by atoms with van der Waals surface area (Å²) in [6.07, 6.45) is 3.59. The molecule has 1 amide bonds. The second-order valence-corrected chi connectivity index (χ2v) is 5.34. The summed E-state index contributed by atoms with van der Waals surface area (Å²) in [6, 6.07) is 1.56. The summed E-state index contributed by atoms with van der Waals surface area (Å²) >= 11 is 5.70. The van der Waals surface area contributed by atoms with Gasteiger partial charge in [-0.15, -0.1) is 0 Å². The van der Waals surface area contributed by atoms with Gasteiger partial charge in [0.25, 0.3) is 0 Å². The molecule has 1 aromatic heterocycles. The number of halogens is 1. The van der Waals surface area contributed by atoms with Crippen LogP contribution in [-0.4, -0.2) is 22.4 Å². The molecule has 1 heterocycles. The van der Waals surface area contributed by atoms with Crippen molar-refractivity contribution in [1.29, 1.82) is 0 Å². The van der Waals surface area contributed by atoms with Gasteiger partial charge in [-0.05, 0) is 30.9 Å². The smallest absolute Gasteiger partial charge is 0.230 e. The molecule has 0 aromatic carbocycles. The first-order valence-corrected chi connectivity index (χ1v) is 6.29. The van der Waals surface area contributed by atoms with Crippen molar-refractivity contribution in [3.8, 4) is 0 Å². The molecule has 0 saturated carbocycles. The van der Waals surface area contributed by atoms with Gasteiger partial charge in [-0.3, -0.25) is 10.1 Å². The summed E-state index contributed by atoms with van der Waals surface area (Å²) in [7, 11) is 0. The fourth-order valence-electron chi connectivity index (χ4n) is 1.55. The third kappa shape index (κ3) is 5.42. The Balaban J connectivity index is 2.43. The lowest BCUT2D eigenvalue weighted by molar-refractivity contribution is -0.116. The minimum atomic E-state index is -0.109. The molecule has 0 atom stereocenters. The molecule has 5 nitrogen and oxygen atoms in total. The van der Waals surface area contributed by atoms with Gasteiger partial charge >= 0.3 is 0 Å². The number of hydrogen-bond acceptors (Lipinski definition) is 4. The highest BCUT2D eigenvalue weighted by molar-refractivity contribution is 6.29. The van der Waals surface area contributed by atoms with E-state index in [2.05, 4.69) is 29.1 Å². The van der Waals surface area contributed by atoms with E-state index in [1.165, 1.54) is 6.20 Å². The van der Waals surface area contributed by atoms with E-state index >= 15 is 0 Å². The Labute approximate surface area is 112 Å². The van der Waals surface area contributed by atoms with E-state index in [1.807, 2.05) is 0 Å². The van der Waals surface area contributed by atoms with Gasteiger partial charge in [0.15, 0.2) is 0 Å². The predicted molar refractivity (Wildman–Crippen MR) is 72.4 cm³/mol. The van der Waals surface area contributed by atoms with Crippen LogP contribution in [0.1, 0.15) is 33.1 Å². The van der Waals surface area contributed by atoms with Gasteiger partial charge < -0.3 is 5.73 Å². The Hall–Kier alpha value is -1.20. The van der Waals surface area contributed by atoms with Gasteiger partial charge in [-0.2, -0.15) is 0 Å². The molecule has 1 aromatic rings. The average molecular weight is 271 g/mol. The van der Waals surface area contributed by atoms with E-state index in [4.69, 9.17) is 17.3 Å². The molecular weight excluding hydrogens is 252 g/mol. The fourth-order valence-corrected chi connectivity index (χ4v) is 1.69. The normalized spacial score (nSPS) is 11.3. The Kier molecular flexibility index (Phi) is 5.50. The largest absolute Gasteiger partial charge is 0.330 e. The minimum Gasteiger partial charge on any atom is -0.330 e. The summed E-state index contributed by atoms with van der Waals surface area (Å²) in [5.74, 6) is 0.131. The Morgan fingerprint density at radius 1 is 1.50 bits per heavy atom. The van der Waals surface area contributed by atoms with Crippen LogP contribution in [0.15, 0.2) is 12.3 Å². The van der Waals surface area contributed by atoms with Gasteiger partial charge in [0, 0.05) is 12.6 Å². The van der Waals surface area contributed by atoms with Gasteiger partial charge in [0.2, 0.25) is 11.9 Å². The van der Waals surface area contributed by atoms with Crippen LogP contribution in [-0.2, 0) is 4.79 Å². The summed E-state index contributed by atoms with van der Waals surface area (Å²) in [6.45, 7) is 4.83. The molecule has 0 saturated heterocycles. The van der Waals surface area contributed by atoms with Gasteiger partial charge in [0.1, 0.15) is 5.15 Å². The van der Waals surface area contributed by atoms with Crippen molar-refractivity contribution >= 4 is 23.5 Å². The summed E-state index contributed by atoms with van der Waals surface area (Å²) in [4.78, 5) is 19.5. The SMILES string of the molecule is CC(C)(CCN)CCC(=O)Nc1nccc(Cl)n1. The molecular formula is C12H19ClN4O. The molecule has 0 aliphatic rings. The van der Waals surface area contributed by atoms with Crippen molar-refractivity contribution in [2.45, 2.75) is 33.1 Å². The van der Waals surface area contributed by atoms with Gasteiger partial charge in [0.05, 0.1) is 0 Å². The summed E-state index contributed by atoms with van der Waals surface area (Å²) < 4.78 is 0. The van der Waals surface area contributed by atoms with Crippen molar-refractivity contribution in [1.82, 2.24) is 9.97 Å². The highest BCUT2D eigenvalue weighted by Gasteiger charge is 2.18. The predicted octanol–water partition coefficient (Wildman–Crippen LogP) is 2.22. The number of nitrogens with two attached hydrogens (primary N) is 1. The highest BCUT2D eigenvalue weighted by atomic mass is 35.5. The van der Waals surface area contributed by atoms with Crippen LogP contribution in [0, 0.1) is 5.41 Å². The lowest BCUT2D eigenvalue weighted by Crippen LogP contribution is -2.21. The van der Waals surface area contributed by atoms with Crippen LogP contribution in [0.5, 0.6) is 0 Å². The maximum Gasteiger partial charge on any atom is 0.230 e. The molecule has 0 unspecified atom stereocenters. The van der Waals surface area contributed by atoms with E-state index in [9.17, 15) is 4.79 Å². The number of hydrogen-bond donors (Lipinski definition) is 2. The quantitative estimate of drug-likeness (QED) is 0.777. The van der Waals surface area contributed by atoms with Crippen molar-refractivity contribution < 1.29 is 4.79 Å². The summed E-state index contributed by atoms with van der Waals surface area (Å²) in [5, 5.41) is 2.93. The van der Waals surface area contributed by atoms with Crippen LogP contribution in [0.3, 0.4) is 0 Å². The Bertz CT molecular complexity index is 409. The standard InChI is InChI=1S/C12H19ClN4O/c1-12(2,6-7-14)5-3-10(18)17-11-15-8-4-9(13)16-11/h4,8H,3,5-7,14H2,1-2H3,(H,15,16,17,18). The molecule has 3 N–H and O–H groups in total. The molecule has 0 fully saturated rings. The Morgan fingerprint density at radius 3 is 2.83 bits per heavy atom. The van der Waals surface area contributed by atoms with E-state index in [1.54, 1.807) is 6.07 Å². The molecule has 0 spiro atoms. The second-order valence-electron chi connectivity index (χ2n) is 4.95. The number of carbonyl (C=O) groups excluding carboxylic acids is 1. The Morgan fingerprint density at radius 2 is 2.22 bits per heavy atom. The first-order chi connectivity index (χ1) is 8.43. The number of anilines is 1. The van der Waals surface area contributed by atoms with Crippen LogP contribution in [0.4, 0.5) is 5.95 Å². The topological polar surface area (TPSA) is 80.9 Å². The number of nitrogens with one attached hydrogen (secondary N) is 1. The summed E-state index contributed by atoms with van der Waals surface area (Å²) in [5.41, 5.74) is 5.60. The van der Waals surface area contributed by atoms with Crippen LogP contribution in [0.25, 0.3) is 0 Å². The first kappa shape index (κ1) is 14.9. The van der Waals surface area contributed by atoms with Gasteiger partial charge in [-0.1, -0.05) is 25.4 Å². The zero-order chi connectivity index (χ0) is 13.6. The van der Waals surface area contributed by atoms with Crippen LogP contribution < -0.4 is 11.1 Å². The lowest BCUT2D eigenvalue weighted by atomic mass is 9.84. The average Bonchev–Trinajstić information content (AvgIpc) is 2.26. The zero-order valence-corrected chi connectivity index (χ0v) is 11.5. The lowest BCUT2D eigenvalue weighted by Gasteiger charge is -2.23. The van der Waals surface area contributed by atoms with E-state index in [0.717, 1.165) is 12.8 Å². The molecule has 0 bridgehead atoms. The molecule has 0 radical (unpaired) electrons.